The van der Waals surface area contributed by atoms with Crippen LogP contribution in [0.1, 0.15) is 18.4 Å². The second kappa shape index (κ2) is 9.34. The van der Waals surface area contributed by atoms with Gasteiger partial charge in [0, 0.05) is 26.1 Å². The molecule has 0 saturated carbocycles. The number of rotatable bonds is 10. The van der Waals surface area contributed by atoms with Gasteiger partial charge in [-0.3, -0.25) is 0 Å². The molecule has 1 rings (SSSR count). The zero-order chi connectivity index (χ0) is 14.8. The number of sulfonamides is 1. The minimum Gasteiger partial charge on any atom is -0.383 e. The predicted molar refractivity (Wildman–Crippen MR) is 82.5 cm³/mol. The Kier molecular flexibility index (Phi) is 8.14. The summed E-state index contributed by atoms with van der Waals surface area (Å²) in [6, 6.07) is 9.58. The number of alkyl halides is 1. The van der Waals surface area contributed by atoms with E-state index in [0.717, 1.165) is 5.56 Å². The number of nitrogens with zero attached hydrogens (tertiary/aromatic N) is 1. The second-order valence-corrected chi connectivity index (χ2v) is 6.99. The van der Waals surface area contributed by atoms with Crippen molar-refractivity contribution in [2.24, 2.45) is 0 Å². The van der Waals surface area contributed by atoms with E-state index in [4.69, 9.17) is 16.3 Å². The highest BCUT2D eigenvalue weighted by Crippen LogP contribution is 2.11. The smallest absolute Gasteiger partial charge is 0.214 e. The molecule has 0 unspecified atom stereocenters. The number of unbranched alkanes of at least 4 members (excludes halogenated alkanes) is 1. The van der Waals surface area contributed by atoms with Crippen molar-refractivity contribution in [1.82, 2.24) is 4.31 Å². The quantitative estimate of drug-likeness (QED) is 0.491. The highest BCUT2D eigenvalue weighted by atomic mass is 35.5. The van der Waals surface area contributed by atoms with E-state index in [1.54, 1.807) is 7.11 Å². The van der Waals surface area contributed by atoms with Crippen LogP contribution >= 0.6 is 11.6 Å². The Morgan fingerprint density at radius 1 is 1.20 bits per heavy atom. The number of ether oxygens (including phenoxy) is 1. The molecular formula is C14H22ClNO3S. The van der Waals surface area contributed by atoms with Crippen LogP contribution in [0.25, 0.3) is 0 Å². The maximum Gasteiger partial charge on any atom is 0.214 e. The number of hydrogen-bond acceptors (Lipinski definition) is 3. The SMILES string of the molecule is COCCN(Cc1ccccc1)S(=O)(=O)CCCCCl. The molecule has 6 heteroatoms. The summed E-state index contributed by atoms with van der Waals surface area (Å²) in [6.07, 6.45) is 1.30. The van der Waals surface area contributed by atoms with E-state index in [9.17, 15) is 8.42 Å². The van der Waals surface area contributed by atoms with Crippen molar-refractivity contribution in [3.63, 3.8) is 0 Å². The molecular weight excluding hydrogens is 298 g/mol. The highest BCUT2D eigenvalue weighted by molar-refractivity contribution is 7.89. The number of benzene rings is 1. The molecule has 0 spiro atoms. The molecule has 0 N–H and O–H groups in total. The fraction of sp³-hybridized carbons (Fsp3) is 0.571. The van der Waals surface area contributed by atoms with Crippen molar-refractivity contribution in [3.05, 3.63) is 35.9 Å². The fourth-order valence-corrected chi connectivity index (χ4v) is 3.52. The Morgan fingerprint density at radius 2 is 1.90 bits per heavy atom. The monoisotopic (exact) mass is 319 g/mol. The fourth-order valence-electron chi connectivity index (χ4n) is 1.80. The molecule has 0 aromatic heterocycles. The Hall–Kier alpha value is -0.620. The van der Waals surface area contributed by atoms with E-state index >= 15 is 0 Å². The Bertz CT molecular complexity index is 465. The second-order valence-electron chi connectivity index (χ2n) is 4.52. The molecule has 0 saturated heterocycles. The van der Waals surface area contributed by atoms with E-state index in [-0.39, 0.29) is 5.75 Å². The molecule has 0 bridgehead atoms. The molecule has 0 amide bonds. The van der Waals surface area contributed by atoms with Crippen LogP contribution in [0.5, 0.6) is 0 Å². The highest BCUT2D eigenvalue weighted by Gasteiger charge is 2.21. The lowest BCUT2D eigenvalue weighted by Crippen LogP contribution is -2.35. The van der Waals surface area contributed by atoms with Crippen molar-refractivity contribution in [1.29, 1.82) is 0 Å². The number of methoxy groups -OCH3 is 1. The van der Waals surface area contributed by atoms with Crippen LogP contribution in [0.3, 0.4) is 0 Å². The maximum atomic E-state index is 12.3. The first-order chi connectivity index (χ1) is 9.60. The third-order valence-corrected chi connectivity index (χ3v) is 5.10. The average Bonchev–Trinajstić information content (AvgIpc) is 2.44. The summed E-state index contributed by atoms with van der Waals surface area (Å²) in [7, 11) is -1.70. The van der Waals surface area contributed by atoms with Gasteiger partial charge in [0.15, 0.2) is 0 Å². The Morgan fingerprint density at radius 3 is 2.50 bits per heavy atom. The van der Waals surface area contributed by atoms with Crippen LogP contribution in [-0.4, -0.2) is 44.6 Å². The van der Waals surface area contributed by atoms with Gasteiger partial charge in [-0.15, -0.1) is 11.6 Å². The van der Waals surface area contributed by atoms with E-state index in [0.29, 0.717) is 38.4 Å². The first-order valence-corrected chi connectivity index (χ1v) is 8.81. The summed E-state index contributed by atoms with van der Waals surface area (Å²) in [4.78, 5) is 0. The van der Waals surface area contributed by atoms with Crippen LogP contribution in [-0.2, 0) is 21.3 Å². The van der Waals surface area contributed by atoms with Gasteiger partial charge in [0.25, 0.3) is 0 Å². The molecule has 0 aliphatic rings. The van der Waals surface area contributed by atoms with Crippen molar-refractivity contribution in [2.45, 2.75) is 19.4 Å². The molecule has 1 aromatic rings. The van der Waals surface area contributed by atoms with E-state index in [1.807, 2.05) is 30.3 Å². The summed E-state index contributed by atoms with van der Waals surface area (Å²) in [5, 5.41) is 0. The van der Waals surface area contributed by atoms with Crippen molar-refractivity contribution < 1.29 is 13.2 Å². The van der Waals surface area contributed by atoms with Gasteiger partial charge in [0.1, 0.15) is 0 Å². The standard InChI is InChI=1S/C14H22ClNO3S/c1-19-11-10-16(13-14-7-3-2-4-8-14)20(17,18)12-6-5-9-15/h2-4,7-8H,5-6,9-13H2,1H3. The van der Waals surface area contributed by atoms with Gasteiger partial charge in [-0.05, 0) is 18.4 Å². The molecule has 0 heterocycles. The minimum atomic E-state index is -3.27. The Labute approximate surface area is 126 Å². The molecule has 0 atom stereocenters. The van der Waals surface area contributed by atoms with E-state index < -0.39 is 10.0 Å². The Balaban J connectivity index is 2.72. The summed E-state index contributed by atoms with van der Waals surface area (Å²) >= 11 is 5.59. The van der Waals surface area contributed by atoms with Crippen LogP contribution in [0.2, 0.25) is 0 Å². The van der Waals surface area contributed by atoms with Crippen LogP contribution in [0.4, 0.5) is 0 Å². The molecule has 1 aromatic carbocycles. The van der Waals surface area contributed by atoms with Gasteiger partial charge in [0.05, 0.1) is 12.4 Å². The normalized spacial score (nSPS) is 11.9. The maximum absolute atomic E-state index is 12.3. The lowest BCUT2D eigenvalue weighted by atomic mass is 10.2. The van der Waals surface area contributed by atoms with Gasteiger partial charge >= 0.3 is 0 Å². The topological polar surface area (TPSA) is 46.6 Å². The summed E-state index contributed by atoms with van der Waals surface area (Å²) in [5.41, 5.74) is 0.976. The average molecular weight is 320 g/mol. The van der Waals surface area contributed by atoms with Crippen molar-refractivity contribution >= 4 is 21.6 Å². The molecule has 0 radical (unpaired) electrons. The molecule has 0 aliphatic heterocycles. The first kappa shape index (κ1) is 17.4. The van der Waals surface area contributed by atoms with Gasteiger partial charge in [-0.25, -0.2) is 8.42 Å². The molecule has 0 fully saturated rings. The third kappa shape index (κ3) is 6.22. The zero-order valence-electron chi connectivity index (χ0n) is 11.8. The number of halogens is 1. The van der Waals surface area contributed by atoms with Gasteiger partial charge < -0.3 is 4.74 Å². The number of hydrogen-bond donors (Lipinski definition) is 0. The largest absolute Gasteiger partial charge is 0.383 e. The van der Waals surface area contributed by atoms with Crippen LogP contribution in [0.15, 0.2) is 30.3 Å². The summed E-state index contributed by atoms with van der Waals surface area (Å²) < 4.78 is 31.2. The van der Waals surface area contributed by atoms with E-state index in [2.05, 4.69) is 0 Å². The predicted octanol–water partition coefficient (Wildman–Crippen LogP) is 2.48. The summed E-state index contributed by atoms with van der Waals surface area (Å²) in [5.74, 6) is 0.628. The first-order valence-electron chi connectivity index (χ1n) is 6.67. The summed E-state index contributed by atoms with van der Waals surface area (Å²) in [6.45, 7) is 1.14. The van der Waals surface area contributed by atoms with Gasteiger partial charge in [-0.2, -0.15) is 4.31 Å². The van der Waals surface area contributed by atoms with Crippen molar-refractivity contribution in [3.8, 4) is 0 Å². The van der Waals surface area contributed by atoms with E-state index in [1.165, 1.54) is 4.31 Å². The van der Waals surface area contributed by atoms with Gasteiger partial charge in [0.2, 0.25) is 10.0 Å². The van der Waals surface area contributed by atoms with Gasteiger partial charge in [-0.1, -0.05) is 30.3 Å². The molecule has 114 valence electrons. The van der Waals surface area contributed by atoms with Crippen LogP contribution in [0, 0.1) is 0 Å². The van der Waals surface area contributed by atoms with Crippen LogP contribution < -0.4 is 0 Å². The lowest BCUT2D eigenvalue weighted by molar-refractivity contribution is 0.177. The third-order valence-electron chi connectivity index (χ3n) is 2.93. The molecule has 4 nitrogen and oxygen atoms in total. The zero-order valence-corrected chi connectivity index (χ0v) is 13.4. The lowest BCUT2D eigenvalue weighted by Gasteiger charge is -2.22. The molecule has 0 aliphatic carbocycles. The minimum absolute atomic E-state index is 0.135. The van der Waals surface area contributed by atoms with Crippen molar-refractivity contribution in [2.75, 3.05) is 31.9 Å². The molecule has 20 heavy (non-hydrogen) atoms.